The molecule has 1 aliphatic heterocycles. The number of ether oxygens (including phenoxy) is 1. The Morgan fingerprint density at radius 1 is 1.19 bits per heavy atom. The van der Waals surface area contributed by atoms with Crippen LogP contribution in [-0.4, -0.2) is 26.1 Å². The number of hydrogen-bond acceptors (Lipinski definition) is 4. The lowest BCUT2D eigenvalue weighted by molar-refractivity contribution is 0.102. The number of nitrogen functional groups attached to an aromatic ring is 1. The molecule has 1 amide bonds. The fraction of sp³-hybridized carbons (Fsp3) is 0.350. The van der Waals surface area contributed by atoms with Crippen LogP contribution >= 0.6 is 23.2 Å². The molecule has 1 fully saturated rings. The number of nitrogens with one attached hydrogen (secondary N) is 1. The minimum Gasteiger partial charge on any atom is -0.494 e. The Morgan fingerprint density at radius 2 is 1.81 bits per heavy atom. The zero-order valence-electron chi connectivity index (χ0n) is 15.4. The van der Waals surface area contributed by atoms with E-state index in [0.717, 1.165) is 37.5 Å². The number of methoxy groups -OCH3 is 1. The Hall–Kier alpha value is -2.11. The number of nitrogens with two attached hydrogens (primary N) is 1. The predicted octanol–water partition coefficient (Wildman–Crippen LogP) is 5.07. The first-order chi connectivity index (χ1) is 12.9. The van der Waals surface area contributed by atoms with E-state index >= 15 is 0 Å². The molecule has 5 nitrogen and oxygen atoms in total. The molecule has 0 spiro atoms. The van der Waals surface area contributed by atoms with Gasteiger partial charge in [0.05, 0.1) is 28.5 Å². The van der Waals surface area contributed by atoms with Gasteiger partial charge in [-0.2, -0.15) is 0 Å². The Kier molecular flexibility index (Phi) is 6.02. The summed E-state index contributed by atoms with van der Waals surface area (Å²) in [6.07, 6.45) is 2.33. The molecule has 2 aromatic rings. The van der Waals surface area contributed by atoms with E-state index in [9.17, 15) is 4.79 Å². The molecular weight excluding hydrogens is 385 g/mol. The van der Waals surface area contributed by atoms with Crippen molar-refractivity contribution in [1.82, 2.24) is 0 Å². The van der Waals surface area contributed by atoms with Crippen LogP contribution in [0.4, 0.5) is 17.1 Å². The summed E-state index contributed by atoms with van der Waals surface area (Å²) in [5.74, 6) is 0.781. The van der Waals surface area contributed by atoms with Gasteiger partial charge in [-0.05, 0) is 49.1 Å². The molecule has 7 heteroatoms. The van der Waals surface area contributed by atoms with Crippen molar-refractivity contribution in [2.75, 3.05) is 36.1 Å². The van der Waals surface area contributed by atoms with Gasteiger partial charge in [0.2, 0.25) is 0 Å². The average molecular weight is 408 g/mol. The number of anilines is 3. The number of halogens is 2. The summed E-state index contributed by atoms with van der Waals surface area (Å²) < 4.78 is 5.11. The van der Waals surface area contributed by atoms with Crippen LogP contribution in [0.1, 0.15) is 30.1 Å². The highest BCUT2D eigenvalue weighted by molar-refractivity contribution is 6.37. The largest absolute Gasteiger partial charge is 0.494 e. The number of benzene rings is 2. The van der Waals surface area contributed by atoms with Crippen molar-refractivity contribution >= 4 is 46.2 Å². The Bertz CT molecular complexity index is 826. The average Bonchev–Trinajstić information content (AvgIpc) is 2.62. The lowest BCUT2D eigenvalue weighted by Crippen LogP contribution is -2.33. The molecule has 0 unspecified atom stereocenters. The van der Waals surface area contributed by atoms with Crippen LogP contribution in [0.2, 0.25) is 10.0 Å². The van der Waals surface area contributed by atoms with Crippen LogP contribution < -0.4 is 20.7 Å². The van der Waals surface area contributed by atoms with E-state index in [1.54, 1.807) is 6.07 Å². The highest BCUT2D eigenvalue weighted by Crippen LogP contribution is 2.34. The van der Waals surface area contributed by atoms with Crippen LogP contribution in [0.5, 0.6) is 5.75 Å². The minimum atomic E-state index is -0.319. The third-order valence-corrected chi connectivity index (χ3v) is 5.44. The number of piperidine rings is 1. The second-order valence-corrected chi connectivity index (χ2v) is 7.68. The summed E-state index contributed by atoms with van der Waals surface area (Å²) in [4.78, 5) is 14.8. The first kappa shape index (κ1) is 19.6. The summed E-state index contributed by atoms with van der Waals surface area (Å²) in [6.45, 7) is 4.27. The summed E-state index contributed by atoms with van der Waals surface area (Å²) >= 11 is 12.2. The fourth-order valence-electron chi connectivity index (χ4n) is 3.26. The van der Waals surface area contributed by atoms with Gasteiger partial charge in [0, 0.05) is 24.3 Å². The maximum absolute atomic E-state index is 12.5. The molecule has 1 aliphatic rings. The third-order valence-electron chi connectivity index (χ3n) is 4.87. The van der Waals surface area contributed by atoms with Gasteiger partial charge in [0.15, 0.2) is 5.75 Å². The standard InChI is InChI=1S/C20H23Cl2N3O2/c1-12-5-7-25(8-6-12)18-4-3-14(11-17(18)23)24-20(26)13-9-15(21)19(27-2)16(22)10-13/h3-4,9-12H,5-8,23H2,1-2H3,(H,24,26). The van der Waals surface area contributed by atoms with E-state index in [-0.39, 0.29) is 16.0 Å². The number of carbonyl (C=O) groups is 1. The molecule has 1 heterocycles. The molecule has 3 N–H and O–H groups in total. The van der Waals surface area contributed by atoms with E-state index < -0.39 is 0 Å². The highest BCUT2D eigenvalue weighted by atomic mass is 35.5. The van der Waals surface area contributed by atoms with Crippen molar-refractivity contribution in [3.05, 3.63) is 45.9 Å². The fourth-order valence-corrected chi connectivity index (χ4v) is 3.90. The second kappa shape index (κ2) is 8.28. The maximum Gasteiger partial charge on any atom is 0.255 e. The smallest absolute Gasteiger partial charge is 0.255 e. The zero-order valence-corrected chi connectivity index (χ0v) is 16.9. The van der Waals surface area contributed by atoms with Gasteiger partial charge >= 0.3 is 0 Å². The van der Waals surface area contributed by atoms with Crippen LogP contribution in [0.25, 0.3) is 0 Å². The predicted molar refractivity (Wildman–Crippen MR) is 112 cm³/mol. The van der Waals surface area contributed by atoms with Gasteiger partial charge in [-0.1, -0.05) is 30.1 Å². The zero-order chi connectivity index (χ0) is 19.6. The molecule has 3 rings (SSSR count). The van der Waals surface area contributed by atoms with Gasteiger partial charge < -0.3 is 20.7 Å². The van der Waals surface area contributed by atoms with E-state index in [1.807, 2.05) is 12.1 Å². The van der Waals surface area contributed by atoms with Gasteiger partial charge in [-0.25, -0.2) is 0 Å². The molecule has 1 saturated heterocycles. The van der Waals surface area contributed by atoms with E-state index in [2.05, 4.69) is 17.1 Å². The van der Waals surface area contributed by atoms with Gasteiger partial charge in [0.1, 0.15) is 0 Å². The number of amides is 1. The van der Waals surface area contributed by atoms with Gasteiger partial charge in [0.25, 0.3) is 5.91 Å². The van der Waals surface area contributed by atoms with Crippen LogP contribution in [0.3, 0.4) is 0 Å². The van der Waals surface area contributed by atoms with Crippen molar-refractivity contribution in [2.45, 2.75) is 19.8 Å². The number of carbonyl (C=O) groups excluding carboxylic acids is 1. The summed E-state index contributed by atoms with van der Waals surface area (Å²) in [5.41, 5.74) is 8.86. The van der Waals surface area contributed by atoms with Crippen LogP contribution in [0.15, 0.2) is 30.3 Å². The van der Waals surface area contributed by atoms with Crippen molar-refractivity contribution in [3.63, 3.8) is 0 Å². The Morgan fingerprint density at radius 3 is 2.37 bits per heavy atom. The molecular formula is C20H23Cl2N3O2. The monoisotopic (exact) mass is 407 g/mol. The lowest BCUT2D eigenvalue weighted by atomic mass is 9.98. The SMILES string of the molecule is COc1c(Cl)cc(C(=O)Nc2ccc(N3CCC(C)CC3)c(N)c2)cc1Cl. The minimum absolute atomic E-state index is 0.282. The Labute approximate surface area is 169 Å². The van der Waals surface area contributed by atoms with E-state index in [0.29, 0.717) is 22.7 Å². The van der Waals surface area contributed by atoms with Crippen molar-refractivity contribution in [1.29, 1.82) is 0 Å². The first-order valence-corrected chi connectivity index (χ1v) is 9.63. The van der Waals surface area contributed by atoms with Crippen molar-refractivity contribution < 1.29 is 9.53 Å². The summed E-state index contributed by atoms with van der Waals surface area (Å²) in [7, 11) is 1.47. The molecule has 0 radical (unpaired) electrons. The van der Waals surface area contributed by atoms with Gasteiger partial charge in [-0.3, -0.25) is 4.79 Å². The van der Waals surface area contributed by atoms with Crippen molar-refractivity contribution in [2.24, 2.45) is 5.92 Å². The number of rotatable bonds is 4. The quantitative estimate of drug-likeness (QED) is 0.693. The van der Waals surface area contributed by atoms with Crippen LogP contribution in [0, 0.1) is 5.92 Å². The first-order valence-electron chi connectivity index (χ1n) is 8.88. The third kappa shape index (κ3) is 4.42. The van der Waals surface area contributed by atoms with Gasteiger partial charge in [-0.15, -0.1) is 0 Å². The molecule has 0 aromatic heterocycles. The normalized spacial score (nSPS) is 14.9. The summed E-state index contributed by atoms with van der Waals surface area (Å²) in [6, 6.07) is 8.63. The maximum atomic E-state index is 12.5. The van der Waals surface area contributed by atoms with Crippen molar-refractivity contribution in [3.8, 4) is 5.75 Å². The second-order valence-electron chi connectivity index (χ2n) is 6.87. The summed E-state index contributed by atoms with van der Waals surface area (Å²) in [5, 5.41) is 3.40. The van der Waals surface area contributed by atoms with E-state index in [1.165, 1.54) is 19.2 Å². The molecule has 0 saturated carbocycles. The molecule has 0 bridgehead atoms. The highest BCUT2D eigenvalue weighted by Gasteiger charge is 2.18. The van der Waals surface area contributed by atoms with Crippen LogP contribution in [-0.2, 0) is 0 Å². The number of hydrogen-bond donors (Lipinski definition) is 2. The Balaban J connectivity index is 1.74. The van der Waals surface area contributed by atoms with E-state index in [4.69, 9.17) is 33.7 Å². The molecule has 144 valence electrons. The lowest BCUT2D eigenvalue weighted by Gasteiger charge is -2.33. The molecule has 0 atom stereocenters. The molecule has 2 aromatic carbocycles. The topological polar surface area (TPSA) is 67.6 Å². The number of nitrogens with zero attached hydrogens (tertiary/aromatic N) is 1. The molecule has 0 aliphatic carbocycles. The molecule has 27 heavy (non-hydrogen) atoms.